The van der Waals surface area contributed by atoms with Crippen molar-refractivity contribution in [3.8, 4) is 0 Å². The molecule has 1 saturated carbocycles. The lowest BCUT2D eigenvalue weighted by Crippen LogP contribution is -2.19. The summed E-state index contributed by atoms with van der Waals surface area (Å²) in [6.07, 6.45) is 6.57. The van der Waals surface area contributed by atoms with E-state index in [2.05, 4.69) is 19.1 Å². The smallest absolute Gasteiger partial charge is 0.348 e. The van der Waals surface area contributed by atoms with E-state index in [-0.39, 0.29) is 23.2 Å². The van der Waals surface area contributed by atoms with Gasteiger partial charge in [0.15, 0.2) is 0 Å². The number of rotatable bonds is 11. The average molecular weight is 479 g/mol. The predicted molar refractivity (Wildman–Crippen MR) is 131 cm³/mol. The highest BCUT2D eigenvalue weighted by atomic mass is 35.5. The van der Waals surface area contributed by atoms with Crippen LogP contribution in [0.2, 0.25) is 0 Å². The second-order valence-electron chi connectivity index (χ2n) is 8.84. The van der Waals surface area contributed by atoms with Gasteiger partial charge in [-0.2, -0.15) is 0 Å². The molecule has 0 amide bonds. The van der Waals surface area contributed by atoms with Crippen molar-refractivity contribution >= 4 is 28.9 Å². The standard InChI is InChI=1S/C26H35ClO4S/c1-3-4-5-9-22(28)17-10-12-18(13-11-17)25-20(21(27)16-23(25)29)8-6-7-19-14-15-24(32-19)26(30)31-2/h10-15,20-23,25,28-29H,3-9,16H2,1-2H3. The molecule has 176 valence electrons. The average Bonchev–Trinajstić information content (AvgIpc) is 3.37. The van der Waals surface area contributed by atoms with Crippen LogP contribution in [0.15, 0.2) is 36.4 Å². The number of aliphatic hydroxyl groups excluding tert-OH is 2. The highest BCUT2D eigenvalue weighted by Gasteiger charge is 2.41. The molecule has 32 heavy (non-hydrogen) atoms. The number of alkyl halides is 1. The maximum Gasteiger partial charge on any atom is 0.348 e. The molecule has 5 unspecified atom stereocenters. The van der Waals surface area contributed by atoms with Crippen LogP contribution in [0.25, 0.3) is 0 Å². The molecule has 0 saturated heterocycles. The van der Waals surface area contributed by atoms with Crippen LogP contribution in [0.3, 0.4) is 0 Å². The third-order valence-corrected chi connectivity index (χ3v) is 8.23. The van der Waals surface area contributed by atoms with Gasteiger partial charge in [-0.3, -0.25) is 0 Å². The van der Waals surface area contributed by atoms with E-state index >= 15 is 0 Å². The minimum atomic E-state index is -0.449. The molecule has 1 heterocycles. The molecule has 0 spiro atoms. The summed E-state index contributed by atoms with van der Waals surface area (Å²) in [5, 5.41) is 21.1. The van der Waals surface area contributed by atoms with E-state index in [0.717, 1.165) is 60.9 Å². The van der Waals surface area contributed by atoms with E-state index in [9.17, 15) is 15.0 Å². The Kier molecular flexibility index (Phi) is 9.60. The number of carbonyl (C=O) groups is 1. The fourth-order valence-electron chi connectivity index (χ4n) is 4.82. The van der Waals surface area contributed by atoms with Gasteiger partial charge in [-0.15, -0.1) is 22.9 Å². The van der Waals surface area contributed by atoms with Crippen LogP contribution < -0.4 is 0 Å². The maximum absolute atomic E-state index is 11.6. The van der Waals surface area contributed by atoms with Gasteiger partial charge in [0.1, 0.15) is 4.88 Å². The van der Waals surface area contributed by atoms with Gasteiger partial charge in [0.2, 0.25) is 0 Å². The number of aryl methyl sites for hydroxylation is 1. The van der Waals surface area contributed by atoms with Gasteiger partial charge in [-0.25, -0.2) is 4.79 Å². The Balaban J connectivity index is 1.60. The van der Waals surface area contributed by atoms with Crippen LogP contribution in [0.1, 0.15) is 89.6 Å². The number of halogens is 1. The normalized spacial score (nSPS) is 23.9. The van der Waals surface area contributed by atoms with Crippen LogP contribution in [0, 0.1) is 5.92 Å². The van der Waals surface area contributed by atoms with Crippen LogP contribution in [0.4, 0.5) is 0 Å². The van der Waals surface area contributed by atoms with Crippen molar-refractivity contribution in [1.29, 1.82) is 0 Å². The molecule has 4 nitrogen and oxygen atoms in total. The quantitative estimate of drug-likeness (QED) is 0.228. The molecule has 0 radical (unpaired) electrons. The van der Waals surface area contributed by atoms with Gasteiger partial charge in [-0.1, -0.05) is 50.5 Å². The number of thiophene rings is 1. The zero-order chi connectivity index (χ0) is 23.1. The van der Waals surface area contributed by atoms with E-state index in [0.29, 0.717) is 11.3 Å². The molecule has 2 N–H and O–H groups in total. The zero-order valence-electron chi connectivity index (χ0n) is 19.0. The minimum Gasteiger partial charge on any atom is -0.465 e. The summed E-state index contributed by atoms with van der Waals surface area (Å²) in [5.74, 6) is -0.0789. The first-order valence-corrected chi connectivity index (χ1v) is 13.0. The van der Waals surface area contributed by atoms with Crippen molar-refractivity contribution in [3.05, 3.63) is 57.3 Å². The molecule has 1 aliphatic rings. The van der Waals surface area contributed by atoms with Crippen LogP contribution in [0.5, 0.6) is 0 Å². The maximum atomic E-state index is 11.6. The first-order chi connectivity index (χ1) is 15.4. The molecule has 3 rings (SSSR count). The summed E-state index contributed by atoms with van der Waals surface area (Å²) in [6.45, 7) is 2.16. The van der Waals surface area contributed by atoms with Crippen molar-refractivity contribution in [2.75, 3.05) is 7.11 Å². The lowest BCUT2D eigenvalue weighted by molar-refractivity contribution is 0.0606. The number of carbonyl (C=O) groups excluding carboxylic acids is 1. The fraction of sp³-hybridized carbons (Fsp3) is 0.577. The van der Waals surface area contributed by atoms with Gasteiger partial charge in [0, 0.05) is 16.2 Å². The fourth-order valence-corrected chi connectivity index (χ4v) is 6.25. The molecular weight excluding hydrogens is 444 g/mol. The zero-order valence-corrected chi connectivity index (χ0v) is 20.6. The Morgan fingerprint density at radius 2 is 1.94 bits per heavy atom. The van der Waals surface area contributed by atoms with Gasteiger partial charge in [0.25, 0.3) is 0 Å². The van der Waals surface area contributed by atoms with Crippen molar-refractivity contribution < 1.29 is 19.7 Å². The number of esters is 1. The summed E-state index contributed by atoms with van der Waals surface area (Å²) < 4.78 is 4.78. The van der Waals surface area contributed by atoms with Crippen molar-refractivity contribution in [1.82, 2.24) is 0 Å². The number of unbranched alkanes of at least 4 members (excludes halogenated alkanes) is 2. The third-order valence-electron chi connectivity index (χ3n) is 6.60. The Morgan fingerprint density at radius 1 is 1.19 bits per heavy atom. The van der Waals surface area contributed by atoms with E-state index < -0.39 is 12.2 Å². The first kappa shape index (κ1) is 25.2. The Morgan fingerprint density at radius 3 is 2.62 bits per heavy atom. The number of benzene rings is 1. The summed E-state index contributed by atoms with van der Waals surface area (Å²) >= 11 is 8.14. The second-order valence-corrected chi connectivity index (χ2v) is 10.6. The minimum absolute atomic E-state index is 0.0118. The van der Waals surface area contributed by atoms with Crippen molar-refractivity contribution in [3.63, 3.8) is 0 Å². The molecule has 1 fully saturated rings. The molecule has 1 aliphatic carbocycles. The summed E-state index contributed by atoms with van der Waals surface area (Å²) in [4.78, 5) is 13.4. The Bertz CT molecular complexity index is 850. The largest absolute Gasteiger partial charge is 0.465 e. The van der Waals surface area contributed by atoms with Gasteiger partial charge < -0.3 is 14.9 Å². The Labute approximate surface area is 200 Å². The summed E-state index contributed by atoms with van der Waals surface area (Å²) in [7, 11) is 1.40. The van der Waals surface area contributed by atoms with E-state index in [4.69, 9.17) is 16.3 Å². The highest BCUT2D eigenvalue weighted by Crippen LogP contribution is 2.45. The molecule has 1 aromatic carbocycles. The second kappa shape index (κ2) is 12.2. The number of hydrogen-bond acceptors (Lipinski definition) is 5. The van der Waals surface area contributed by atoms with Crippen LogP contribution >= 0.6 is 22.9 Å². The molecule has 0 bridgehead atoms. The lowest BCUT2D eigenvalue weighted by atomic mass is 9.84. The number of hydrogen-bond donors (Lipinski definition) is 2. The topological polar surface area (TPSA) is 66.8 Å². The van der Waals surface area contributed by atoms with Gasteiger partial charge in [-0.05, 0) is 61.3 Å². The SMILES string of the molecule is CCCCCC(O)c1ccc(C2C(O)CC(Cl)C2CCCc2ccc(C(=O)OC)s2)cc1. The van der Waals surface area contributed by atoms with Crippen molar-refractivity contribution in [2.45, 2.75) is 81.8 Å². The third kappa shape index (κ3) is 6.34. The highest BCUT2D eigenvalue weighted by molar-refractivity contribution is 7.13. The predicted octanol–water partition coefficient (Wildman–Crippen LogP) is 6.24. The number of methoxy groups -OCH3 is 1. The first-order valence-electron chi connectivity index (χ1n) is 11.7. The lowest BCUT2D eigenvalue weighted by Gasteiger charge is -2.24. The van der Waals surface area contributed by atoms with E-state index in [1.807, 2.05) is 24.3 Å². The van der Waals surface area contributed by atoms with Crippen LogP contribution in [-0.2, 0) is 11.2 Å². The van der Waals surface area contributed by atoms with Crippen molar-refractivity contribution in [2.24, 2.45) is 5.92 Å². The number of aliphatic hydroxyl groups is 2. The van der Waals surface area contributed by atoms with Gasteiger partial charge >= 0.3 is 5.97 Å². The molecular formula is C26H35ClO4S. The Hall–Kier alpha value is -1.40. The van der Waals surface area contributed by atoms with Crippen LogP contribution in [-0.4, -0.2) is 34.8 Å². The molecule has 6 heteroatoms. The van der Waals surface area contributed by atoms with Gasteiger partial charge in [0.05, 0.1) is 19.3 Å². The monoisotopic (exact) mass is 478 g/mol. The molecule has 0 aliphatic heterocycles. The van der Waals surface area contributed by atoms with E-state index in [1.165, 1.54) is 18.4 Å². The summed E-state index contributed by atoms with van der Waals surface area (Å²) in [5.41, 5.74) is 2.04. The molecule has 2 aromatic rings. The molecule has 1 aromatic heterocycles. The molecule has 5 atom stereocenters. The number of ether oxygens (including phenoxy) is 1. The summed E-state index contributed by atoms with van der Waals surface area (Å²) in [6, 6.07) is 11.9. The van der Waals surface area contributed by atoms with E-state index in [1.54, 1.807) is 0 Å².